The molecule has 0 saturated heterocycles. The highest BCUT2D eigenvalue weighted by molar-refractivity contribution is 5.75. The van der Waals surface area contributed by atoms with E-state index in [9.17, 15) is 9.59 Å². The van der Waals surface area contributed by atoms with Gasteiger partial charge in [0.05, 0.1) is 0 Å². The molecule has 4 nitrogen and oxygen atoms in total. The Balaban J connectivity index is 4.13. The normalized spacial score (nSPS) is 13.4. The molecular formula is C15H29NO3. The third kappa shape index (κ3) is 9.51. The number of carbonyl (C=O) groups excluding carboxylic acids is 1. The van der Waals surface area contributed by atoms with Crippen LogP contribution in [0, 0.1) is 17.3 Å². The van der Waals surface area contributed by atoms with Gasteiger partial charge in [-0.1, -0.05) is 34.6 Å². The lowest BCUT2D eigenvalue weighted by Crippen LogP contribution is -2.30. The Kier molecular flexibility index (Phi) is 7.72. The molecule has 1 amide bonds. The molecule has 4 heteroatoms. The van der Waals surface area contributed by atoms with Gasteiger partial charge in [0.15, 0.2) is 0 Å². The predicted octanol–water partition coefficient (Wildman–Crippen LogP) is 3.07. The molecule has 19 heavy (non-hydrogen) atoms. The van der Waals surface area contributed by atoms with Crippen LogP contribution in [0.15, 0.2) is 0 Å². The SMILES string of the molecule is CC(C)CC(=O)NCCC(CCC(=O)O)C(C)(C)C. The summed E-state index contributed by atoms with van der Waals surface area (Å²) in [7, 11) is 0. The average Bonchev–Trinajstić information content (AvgIpc) is 2.19. The molecule has 0 saturated carbocycles. The van der Waals surface area contributed by atoms with Gasteiger partial charge in [0, 0.05) is 19.4 Å². The largest absolute Gasteiger partial charge is 0.481 e. The molecule has 0 rings (SSSR count). The van der Waals surface area contributed by atoms with Gasteiger partial charge in [0.1, 0.15) is 0 Å². The van der Waals surface area contributed by atoms with Crippen LogP contribution in [0.1, 0.15) is 60.3 Å². The topological polar surface area (TPSA) is 66.4 Å². The fourth-order valence-corrected chi connectivity index (χ4v) is 2.14. The molecule has 1 atom stereocenters. The van der Waals surface area contributed by atoms with E-state index >= 15 is 0 Å². The Bertz CT molecular complexity index is 292. The molecule has 2 N–H and O–H groups in total. The fraction of sp³-hybridized carbons (Fsp3) is 0.867. The molecule has 0 heterocycles. The number of carboxylic acids is 1. The molecule has 0 aromatic heterocycles. The van der Waals surface area contributed by atoms with Crippen molar-refractivity contribution in [2.24, 2.45) is 17.3 Å². The van der Waals surface area contributed by atoms with Crippen LogP contribution in [-0.4, -0.2) is 23.5 Å². The fourth-order valence-electron chi connectivity index (χ4n) is 2.14. The summed E-state index contributed by atoms with van der Waals surface area (Å²) in [6.45, 7) is 11.0. The zero-order chi connectivity index (χ0) is 15.1. The zero-order valence-corrected chi connectivity index (χ0v) is 13.0. The monoisotopic (exact) mass is 271 g/mol. The zero-order valence-electron chi connectivity index (χ0n) is 13.0. The lowest BCUT2D eigenvalue weighted by Gasteiger charge is -2.30. The van der Waals surface area contributed by atoms with Gasteiger partial charge in [-0.2, -0.15) is 0 Å². The van der Waals surface area contributed by atoms with Crippen LogP contribution in [0.4, 0.5) is 0 Å². The molecular weight excluding hydrogens is 242 g/mol. The minimum Gasteiger partial charge on any atom is -0.481 e. The van der Waals surface area contributed by atoms with Crippen LogP contribution < -0.4 is 5.32 Å². The van der Waals surface area contributed by atoms with Gasteiger partial charge in [-0.05, 0) is 30.1 Å². The van der Waals surface area contributed by atoms with Gasteiger partial charge < -0.3 is 10.4 Å². The van der Waals surface area contributed by atoms with Gasteiger partial charge in [-0.15, -0.1) is 0 Å². The van der Waals surface area contributed by atoms with Crippen LogP contribution in [0.5, 0.6) is 0 Å². The van der Waals surface area contributed by atoms with Crippen molar-refractivity contribution in [3.63, 3.8) is 0 Å². The Morgan fingerprint density at radius 3 is 2.16 bits per heavy atom. The highest BCUT2D eigenvalue weighted by Gasteiger charge is 2.24. The molecule has 0 aliphatic heterocycles. The molecule has 0 radical (unpaired) electrons. The molecule has 0 aliphatic rings. The maximum Gasteiger partial charge on any atom is 0.303 e. The molecule has 0 aliphatic carbocycles. The summed E-state index contributed by atoms with van der Waals surface area (Å²) in [5, 5.41) is 11.7. The summed E-state index contributed by atoms with van der Waals surface area (Å²) in [5.41, 5.74) is 0.0677. The number of hydrogen-bond donors (Lipinski definition) is 2. The first kappa shape index (κ1) is 17.9. The summed E-state index contributed by atoms with van der Waals surface area (Å²) in [6, 6.07) is 0. The van der Waals surface area contributed by atoms with Crippen molar-refractivity contribution in [2.75, 3.05) is 6.54 Å². The van der Waals surface area contributed by atoms with Crippen molar-refractivity contribution in [1.82, 2.24) is 5.32 Å². The maximum atomic E-state index is 11.5. The minimum absolute atomic E-state index is 0.0677. The van der Waals surface area contributed by atoms with Crippen molar-refractivity contribution in [3.8, 4) is 0 Å². The summed E-state index contributed by atoms with van der Waals surface area (Å²) >= 11 is 0. The molecule has 0 fully saturated rings. The van der Waals surface area contributed by atoms with Gasteiger partial charge in [-0.25, -0.2) is 0 Å². The van der Waals surface area contributed by atoms with Gasteiger partial charge in [0.25, 0.3) is 0 Å². The lowest BCUT2D eigenvalue weighted by atomic mass is 9.76. The van der Waals surface area contributed by atoms with Crippen molar-refractivity contribution in [1.29, 1.82) is 0 Å². The molecule has 0 aromatic carbocycles. The van der Waals surface area contributed by atoms with Crippen LogP contribution in [0.25, 0.3) is 0 Å². The molecule has 0 bridgehead atoms. The Hall–Kier alpha value is -1.06. The summed E-state index contributed by atoms with van der Waals surface area (Å²) in [6.07, 6.45) is 2.25. The third-order valence-corrected chi connectivity index (χ3v) is 3.34. The number of rotatable bonds is 8. The van der Waals surface area contributed by atoms with Crippen LogP contribution in [0.3, 0.4) is 0 Å². The molecule has 0 spiro atoms. The third-order valence-electron chi connectivity index (χ3n) is 3.34. The van der Waals surface area contributed by atoms with Crippen molar-refractivity contribution < 1.29 is 14.7 Å². The molecule has 112 valence electrons. The van der Waals surface area contributed by atoms with Crippen LogP contribution in [-0.2, 0) is 9.59 Å². The number of hydrogen-bond acceptors (Lipinski definition) is 2. The van der Waals surface area contributed by atoms with E-state index in [1.807, 2.05) is 13.8 Å². The smallest absolute Gasteiger partial charge is 0.303 e. The van der Waals surface area contributed by atoms with E-state index in [1.165, 1.54) is 0 Å². The number of aliphatic carboxylic acids is 1. The Morgan fingerprint density at radius 2 is 1.74 bits per heavy atom. The van der Waals surface area contributed by atoms with E-state index in [2.05, 4.69) is 26.1 Å². The van der Waals surface area contributed by atoms with Gasteiger partial charge >= 0.3 is 5.97 Å². The summed E-state index contributed by atoms with van der Waals surface area (Å²) in [4.78, 5) is 22.2. The van der Waals surface area contributed by atoms with Gasteiger partial charge in [-0.3, -0.25) is 9.59 Å². The number of amides is 1. The van der Waals surface area contributed by atoms with E-state index in [1.54, 1.807) is 0 Å². The first-order valence-corrected chi connectivity index (χ1v) is 7.11. The highest BCUT2D eigenvalue weighted by atomic mass is 16.4. The number of carbonyl (C=O) groups is 2. The minimum atomic E-state index is -0.752. The van der Waals surface area contributed by atoms with Crippen molar-refractivity contribution >= 4 is 11.9 Å². The van der Waals surface area contributed by atoms with E-state index in [0.29, 0.717) is 31.2 Å². The van der Waals surface area contributed by atoms with Gasteiger partial charge in [0.2, 0.25) is 5.91 Å². The average molecular weight is 271 g/mol. The predicted molar refractivity (Wildman–Crippen MR) is 76.9 cm³/mol. The standard InChI is InChI=1S/C15H29NO3/c1-11(2)10-13(17)16-9-8-12(15(3,4)5)6-7-14(18)19/h11-12H,6-10H2,1-5H3,(H,16,17)(H,18,19). The number of carboxylic acid groups (broad SMARTS) is 1. The molecule has 1 unspecified atom stereocenters. The van der Waals surface area contributed by atoms with Crippen molar-refractivity contribution in [2.45, 2.75) is 60.3 Å². The van der Waals surface area contributed by atoms with Crippen LogP contribution >= 0.6 is 0 Å². The van der Waals surface area contributed by atoms with E-state index in [0.717, 1.165) is 6.42 Å². The summed E-state index contributed by atoms with van der Waals surface area (Å²) < 4.78 is 0. The second kappa shape index (κ2) is 8.18. The highest BCUT2D eigenvalue weighted by Crippen LogP contribution is 2.32. The van der Waals surface area contributed by atoms with E-state index in [4.69, 9.17) is 5.11 Å². The van der Waals surface area contributed by atoms with Crippen molar-refractivity contribution in [3.05, 3.63) is 0 Å². The quantitative estimate of drug-likeness (QED) is 0.713. The summed E-state index contributed by atoms with van der Waals surface area (Å²) in [5.74, 6) is 0.00682. The lowest BCUT2D eigenvalue weighted by molar-refractivity contribution is -0.137. The van der Waals surface area contributed by atoms with E-state index in [-0.39, 0.29) is 17.7 Å². The Labute approximate surface area is 117 Å². The van der Waals surface area contributed by atoms with E-state index < -0.39 is 5.97 Å². The first-order chi connectivity index (χ1) is 8.62. The second-order valence-electron chi connectivity index (χ2n) is 6.73. The van der Waals surface area contributed by atoms with Crippen LogP contribution in [0.2, 0.25) is 0 Å². The first-order valence-electron chi connectivity index (χ1n) is 7.11. The number of nitrogens with one attached hydrogen (secondary N) is 1. The second-order valence-corrected chi connectivity index (χ2v) is 6.73. The Morgan fingerprint density at radius 1 is 1.16 bits per heavy atom. The maximum absolute atomic E-state index is 11.5. The molecule has 0 aromatic rings.